The van der Waals surface area contributed by atoms with Gasteiger partial charge < -0.3 is 20.5 Å². The highest BCUT2D eigenvalue weighted by atomic mass is 16.5. The molecule has 0 saturated heterocycles. The van der Waals surface area contributed by atoms with Crippen molar-refractivity contribution in [3.05, 3.63) is 29.8 Å². The Balaban J connectivity index is 2.44. The lowest BCUT2D eigenvalue weighted by atomic mass is 10.1. The van der Waals surface area contributed by atoms with Crippen LogP contribution in [0.25, 0.3) is 0 Å². The zero-order valence-electron chi connectivity index (χ0n) is 11.7. The molecule has 0 aromatic heterocycles. The standard InChI is InChI=1S/C14H20N2O4/c1-10(9-20-2)15-14(19)16-12-6-3-11(4-7-12)5-8-13(17)18/h3-4,6-7,10H,5,8-9H2,1-2H3,(H,17,18)(H2,15,16,19). The lowest BCUT2D eigenvalue weighted by molar-refractivity contribution is -0.136. The van der Waals surface area contributed by atoms with Crippen LogP contribution in [0.1, 0.15) is 18.9 Å². The molecular formula is C14H20N2O4. The summed E-state index contributed by atoms with van der Waals surface area (Å²) in [7, 11) is 1.58. The molecule has 0 fully saturated rings. The van der Waals surface area contributed by atoms with Gasteiger partial charge in [-0.2, -0.15) is 0 Å². The first kappa shape index (κ1) is 16.0. The van der Waals surface area contributed by atoms with Crippen LogP contribution in [0, 0.1) is 0 Å². The van der Waals surface area contributed by atoms with Crippen molar-refractivity contribution >= 4 is 17.7 Å². The molecule has 3 N–H and O–H groups in total. The average Bonchev–Trinajstić information content (AvgIpc) is 2.37. The molecule has 0 spiro atoms. The van der Waals surface area contributed by atoms with Crippen LogP contribution in [0.15, 0.2) is 24.3 Å². The summed E-state index contributed by atoms with van der Waals surface area (Å²) in [5, 5.41) is 14.0. The number of aryl methyl sites for hydroxylation is 1. The van der Waals surface area contributed by atoms with Gasteiger partial charge in [0.05, 0.1) is 12.6 Å². The number of amides is 2. The highest BCUT2D eigenvalue weighted by molar-refractivity contribution is 5.89. The van der Waals surface area contributed by atoms with Gasteiger partial charge in [-0.3, -0.25) is 4.79 Å². The fraction of sp³-hybridized carbons (Fsp3) is 0.429. The number of carboxylic acid groups (broad SMARTS) is 1. The summed E-state index contributed by atoms with van der Waals surface area (Å²) in [5.41, 5.74) is 1.58. The minimum atomic E-state index is -0.821. The number of benzene rings is 1. The van der Waals surface area contributed by atoms with E-state index in [0.29, 0.717) is 18.7 Å². The smallest absolute Gasteiger partial charge is 0.319 e. The molecule has 1 aromatic carbocycles. The lowest BCUT2D eigenvalue weighted by Crippen LogP contribution is -2.38. The molecular weight excluding hydrogens is 260 g/mol. The fourth-order valence-corrected chi connectivity index (χ4v) is 1.69. The van der Waals surface area contributed by atoms with Crippen molar-refractivity contribution in [2.75, 3.05) is 19.0 Å². The molecule has 0 aliphatic heterocycles. The maximum absolute atomic E-state index is 11.6. The SMILES string of the molecule is COCC(C)NC(=O)Nc1ccc(CCC(=O)O)cc1. The monoisotopic (exact) mass is 280 g/mol. The third kappa shape index (κ3) is 6.19. The van der Waals surface area contributed by atoms with Crippen molar-refractivity contribution in [3.8, 4) is 0 Å². The first-order valence-electron chi connectivity index (χ1n) is 6.38. The van der Waals surface area contributed by atoms with Gasteiger partial charge in [0.2, 0.25) is 0 Å². The molecule has 6 heteroatoms. The number of carboxylic acids is 1. The number of hydrogen-bond acceptors (Lipinski definition) is 3. The van der Waals surface area contributed by atoms with Crippen LogP contribution in [0.2, 0.25) is 0 Å². The van der Waals surface area contributed by atoms with E-state index in [9.17, 15) is 9.59 Å². The van der Waals surface area contributed by atoms with Crippen LogP contribution >= 0.6 is 0 Å². The molecule has 1 rings (SSSR count). The molecule has 0 radical (unpaired) electrons. The first-order chi connectivity index (χ1) is 9.51. The van der Waals surface area contributed by atoms with Crippen LogP contribution in [0.5, 0.6) is 0 Å². The largest absolute Gasteiger partial charge is 0.481 e. The Hall–Kier alpha value is -2.08. The highest BCUT2D eigenvalue weighted by Crippen LogP contribution is 2.11. The maximum Gasteiger partial charge on any atom is 0.319 e. The van der Waals surface area contributed by atoms with Crippen molar-refractivity contribution in [2.45, 2.75) is 25.8 Å². The molecule has 0 aliphatic carbocycles. The normalized spacial score (nSPS) is 11.7. The number of carbonyl (C=O) groups is 2. The van der Waals surface area contributed by atoms with Gasteiger partial charge in [-0.05, 0) is 31.0 Å². The van der Waals surface area contributed by atoms with Crippen LogP contribution in [-0.2, 0) is 16.0 Å². The van der Waals surface area contributed by atoms with Crippen molar-refractivity contribution in [1.29, 1.82) is 0 Å². The van der Waals surface area contributed by atoms with E-state index in [-0.39, 0.29) is 18.5 Å². The fourth-order valence-electron chi connectivity index (χ4n) is 1.69. The molecule has 1 unspecified atom stereocenters. The Morgan fingerprint density at radius 2 is 1.95 bits per heavy atom. The number of anilines is 1. The number of methoxy groups -OCH3 is 1. The van der Waals surface area contributed by atoms with E-state index in [1.54, 1.807) is 31.4 Å². The Morgan fingerprint density at radius 1 is 1.30 bits per heavy atom. The second-order valence-corrected chi connectivity index (χ2v) is 4.55. The highest BCUT2D eigenvalue weighted by Gasteiger charge is 2.07. The Morgan fingerprint density at radius 3 is 2.50 bits per heavy atom. The second-order valence-electron chi connectivity index (χ2n) is 4.55. The molecule has 0 heterocycles. The Kier molecular flexibility index (Phi) is 6.52. The molecule has 0 bridgehead atoms. The van der Waals surface area contributed by atoms with E-state index in [4.69, 9.17) is 9.84 Å². The number of aliphatic carboxylic acids is 1. The number of ether oxygens (including phenoxy) is 1. The molecule has 0 saturated carbocycles. The van der Waals surface area contributed by atoms with Crippen molar-refractivity contribution in [3.63, 3.8) is 0 Å². The number of urea groups is 1. The maximum atomic E-state index is 11.6. The average molecular weight is 280 g/mol. The van der Waals surface area contributed by atoms with Gasteiger partial charge in [0, 0.05) is 19.2 Å². The molecule has 0 aliphatic rings. The van der Waals surface area contributed by atoms with Crippen LogP contribution in [0.3, 0.4) is 0 Å². The summed E-state index contributed by atoms with van der Waals surface area (Å²) in [6, 6.07) is 6.73. The van der Waals surface area contributed by atoms with Gasteiger partial charge in [0.1, 0.15) is 0 Å². The van der Waals surface area contributed by atoms with E-state index >= 15 is 0 Å². The van der Waals surface area contributed by atoms with Crippen LogP contribution in [-0.4, -0.2) is 36.9 Å². The number of nitrogens with one attached hydrogen (secondary N) is 2. The molecule has 1 atom stereocenters. The molecule has 110 valence electrons. The van der Waals surface area contributed by atoms with Gasteiger partial charge in [-0.15, -0.1) is 0 Å². The summed E-state index contributed by atoms with van der Waals surface area (Å²) >= 11 is 0. The Labute approximate surface area is 118 Å². The predicted molar refractivity (Wildman–Crippen MR) is 75.9 cm³/mol. The third-order valence-corrected chi connectivity index (χ3v) is 2.63. The lowest BCUT2D eigenvalue weighted by Gasteiger charge is -2.13. The van der Waals surface area contributed by atoms with Crippen molar-refractivity contribution in [2.24, 2.45) is 0 Å². The minimum Gasteiger partial charge on any atom is -0.481 e. The zero-order valence-corrected chi connectivity index (χ0v) is 11.7. The first-order valence-corrected chi connectivity index (χ1v) is 6.38. The summed E-state index contributed by atoms with van der Waals surface area (Å²) in [4.78, 5) is 22.1. The number of rotatable bonds is 7. The van der Waals surface area contributed by atoms with Gasteiger partial charge >= 0.3 is 12.0 Å². The van der Waals surface area contributed by atoms with Crippen molar-refractivity contribution in [1.82, 2.24) is 5.32 Å². The van der Waals surface area contributed by atoms with Gasteiger partial charge in [0.25, 0.3) is 0 Å². The van der Waals surface area contributed by atoms with Crippen LogP contribution in [0.4, 0.5) is 10.5 Å². The molecule has 1 aromatic rings. The van der Waals surface area contributed by atoms with E-state index in [0.717, 1.165) is 5.56 Å². The Bertz CT molecular complexity index is 445. The molecule has 20 heavy (non-hydrogen) atoms. The molecule has 2 amide bonds. The summed E-state index contributed by atoms with van der Waals surface area (Å²) in [6.45, 7) is 2.29. The zero-order chi connectivity index (χ0) is 15.0. The van der Waals surface area contributed by atoms with Crippen molar-refractivity contribution < 1.29 is 19.4 Å². The number of hydrogen-bond donors (Lipinski definition) is 3. The predicted octanol–water partition coefficient (Wildman–Crippen LogP) is 1.86. The van der Waals surface area contributed by atoms with Gasteiger partial charge in [-0.25, -0.2) is 4.79 Å². The summed E-state index contributed by atoms with van der Waals surface area (Å²) < 4.78 is 4.93. The molecule has 6 nitrogen and oxygen atoms in total. The third-order valence-electron chi connectivity index (χ3n) is 2.63. The van der Waals surface area contributed by atoms with E-state index < -0.39 is 5.97 Å². The second kappa shape index (κ2) is 8.16. The van der Waals surface area contributed by atoms with Gasteiger partial charge in [0.15, 0.2) is 0 Å². The summed E-state index contributed by atoms with van der Waals surface area (Å²) in [5.74, 6) is -0.821. The van der Waals surface area contributed by atoms with E-state index in [1.807, 2.05) is 6.92 Å². The van der Waals surface area contributed by atoms with E-state index in [2.05, 4.69) is 10.6 Å². The van der Waals surface area contributed by atoms with E-state index in [1.165, 1.54) is 0 Å². The summed E-state index contributed by atoms with van der Waals surface area (Å²) in [6.07, 6.45) is 0.578. The topological polar surface area (TPSA) is 87.7 Å². The quantitative estimate of drug-likeness (QED) is 0.711. The van der Waals surface area contributed by atoms with Crippen LogP contribution < -0.4 is 10.6 Å². The number of carbonyl (C=O) groups excluding carboxylic acids is 1. The minimum absolute atomic E-state index is 0.0742. The van der Waals surface area contributed by atoms with Gasteiger partial charge in [-0.1, -0.05) is 12.1 Å².